The van der Waals surface area contributed by atoms with Crippen molar-refractivity contribution in [1.82, 2.24) is 5.32 Å². The van der Waals surface area contributed by atoms with Gasteiger partial charge in [-0.2, -0.15) is 0 Å². The second-order valence-electron chi connectivity index (χ2n) is 4.26. The molecule has 0 atom stereocenters. The van der Waals surface area contributed by atoms with E-state index in [1.54, 1.807) is 7.05 Å². The molecule has 0 aliphatic heterocycles. The smallest absolute Gasteiger partial charge is 0.238 e. The number of anilines is 1. The summed E-state index contributed by atoms with van der Waals surface area (Å²) in [6.45, 7) is 5.15. The largest absolute Gasteiger partial charge is 0.494 e. The summed E-state index contributed by atoms with van der Waals surface area (Å²) in [5.74, 6) is 0.813. The highest BCUT2D eigenvalue weighted by molar-refractivity contribution is 5.93. The first-order valence-electron chi connectivity index (χ1n) is 6.35. The average molecular weight is 250 g/mol. The van der Waals surface area contributed by atoms with E-state index >= 15 is 0 Å². The minimum atomic E-state index is -0.0414. The van der Waals surface area contributed by atoms with Crippen molar-refractivity contribution in [2.24, 2.45) is 0 Å². The van der Waals surface area contributed by atoms with Gasteiger partial charge in [-0.15, -0.1) is 0 Å². The average Bonchev–Trinajstić information content (AvgIpc) is 2.33. The molecule has 1 amide bonds. The lowest BCUT2D eigenvalue weighted by molar-refractivity contribution is -0.115. The number of benzene rings is 1. The van der Waals surface area contributed by atoms with E-state index in [1.807, 2.05) is 25.1 Å². The number of nitrogens with one attached hydrogen (secondary N) is 2. The van der Waals surface area contributed by atoms with Gasteiger partial charge >= 0.3 is 0 Å². The molecule has 0 unspecified atom stereocenters. The van der Waals surface area contributed by atoms with Gasteiger partial charge in [0.15, 0.2) is 0 Å². The van der Waals surface area contributed by atoms with Crippen LogP contribution in [-0.2, 0) is 4.79 Å². The molecule has 0 aliphatic carbocycles. The van der Waals surface area contributed by atoms with Gasteiger partial charge in [-0.3, -0.25) is 4.79 Å². The molecule has 0 heterocycles. The van der Waals surface area contributed by atoms with E-state index in [4.69, 9.17) is 4.74 Å². The van der Waals surface area contributed by atoms with Crippen LogP contribution >= 0.6 is 0 Å². The Hall–Kier alpha value is -1.55. The number of likely N-dealkylation sites (N-methyl/N-ethyl adjacent to an activating group) is 1. The predicted molar refractivity (Wildman–Crippen MR) is 74.1 cm³/mol. The fraction of sp³-hybridized carbons (Fsp3) is 0.500. The topological polar surface area (TPSA) is 50.4 Å². The number of ether oxygens (including phenoxy) is 1. The lowest BCUT2D eigenvalue weighted by atomic mass is 10.2. The maximum absolute atomic E-state index is 11.5. The van der Waals surface area contributed by atoms with Crippen LogP contribution in [0, 0.1) is 6.92 Å². The SMILES string of the molecule is CCCCOc1ccc(NC(=O)CNC)c(C)c1. The number of hydrogen-bond donors (Lipinski definition) is 2. The van der Waals surface area contributed by atoms with Gasteiger partial charge in [-0.05, 0) is 44.2 Å². The molecule has 4 nitrogen and oxygen atoms in total. The van der Waals surface area contributed by atoms with Crippen LogP contribution in [0.4, 0.5) is 5.69 Å². The second-order valence-corrected chi connectivity index (χ2v) is 4.26. The number of amides is 1. The summed E-state index contributed by atoms with van der Waals surface area (Å²) in [6, 6.07) is 5.71. The molecule has 0 fully saturated rings. The molecular formula is C14H22N2O2. The molecule has 2 N–H and O–H groups in total. The van der Waals surface area contributed by atoms with Crippen molar-refractivity contribution < 1.29 is 9.53 Å². The number of unbranched alkanes of at least 4 members (excludes halogenated alkanes) is 1. The van der Waals surface area contributed by atoms with E-state index in [2.05, 4.69) is 17.6 Å². The Morgan fingerprint density at radius 1 is 1.39 bits per heavy atom. The number of aryl methyl sites for hydroxylation is 1. The van der Waals surface area contributed by atoms with E-state index < -0.39 is 0 Å². The van der Waals surface area contributed by atoms with E-state index in [-0.39, 0.29) is 5.91 Å². The van der Waals surface area contributed by atoms with Gasteiger partial charge in [0, 0.05) is 5.69 Å². The number of rotatable bonds is 7. The summed E-state index contributed by atoms with van der Waals surface area (Å²) in [4.78, 5) is 11.5. The quantitative estimate of drug-likeness (QED) is 0.730. The molecule has 0 aromatic heterocycles. The highest BCUT2D eigenvalue weighted by Crippen LogP contribution is 2.21. The molecular weight excluding hydrogens is 228 g/mol. The molecule has 0 saturated heterocycles. The van der Waals surface area contributed by atoms with Crippen molar-refractivity contribution in [1.29, 1.82) is 0 Å². The Morgan fingerprint density at radius 2 is 2.17 bits per heavy atom. The Bertz CT molecular complexity index is 391. The highest BCUT2D eigenvalue weighted by atomic mass is 16.5. The number of carbonyl (C=O) groups excluding carboxylic acids is 1. The van der Waals surface area contributed by atoms with Crippen molar-refractivity contribution >= 4 is 11.6 Å². The zero-order chi connectivity index (χ0) is 13.4. The van der Waals surface area contributed by atoms with Gasteiger partial charge in [-0.25, -0.2) is 0 Å². The summed E-state index contributed by atoms with van der Waals surface area (Å²) >= 11 is 0. The first kappa shape index (κ1) is 14.5. The van der Waals surface area contributed by atoms with Gasteiger partial charge in [0.25, 0.3) is 0 Å². The monoisotopic (exact) mass is 250 g/mol. The molecule has 1 aromatic rings. The first-order chi connectivity index (χ1) is 8.67. The van der Waals surface area contributed by atoms with Crippen LogP contribution in [0.1, 0.15) is 25.3 Å². The van der Waals surface area contributed by atoms with E-state index in [1.165, 1.54) is 0 Å². The molecule has 0 radical (unpaired) electrons. The summed E-state index contributed by atoms with van der Waals surface area (Å²) in [7, 11) is 1.75. The summed E-state index contributed by atoms with van der Waals surface area (Å²) < 4.78 is 5.61. The summed E-state index contributed by atoms with van der Waals surface area (Å²) in [5.41, 5.74) is 1.84. The van der Waals surface area contributed by atoms with Gasteiger partial charge in [0.2, 0.25) is 5.91 Å². The molecule has 0 bridgehead atoms. The first-order valence-corrected chi connectivity index (χ1v) is 6.35. The second kappa shape index (κ2) is 7.71. The van der Waals surface area contributed by atoms with Crippen LogP contribution < -0.4 is 15.4 Å². The maximum Gasteiger partial charge on any atom is 0.238 e. The van der Waals surface area contributed by atoms with Crippen LogP contribution in [0.3, 0.4) is 0 Å². The van der Waals surface area contributed by atoms with Crippen LogP contribution in [0.25, 0.3) is 0 Å². The van der Waals surface area contributed by atoms with Crippen LogP contribution in [-0.4, -0.2) is 26.1 Å². The Kier molecular flexibility index (Phi) is 6.22. The molecule has 0 spiro atoms. The van der Waals surface area contributed by atoms with E-state index in [0.29, 0.717) is 6.54 Å². The van der Waals surface area contributed by atoms with Gasteiger partial charge in [0.05, 0.1) is 13.2 Å². The third-order valence-corrected chi connectivity index (χ3v) is 2.58. The van der Waals surface area contributed by atoms with Gasteiger partial charge < -0.3 is 15.4 Å². The predicted octanol–water partition coefficient (Wildman–Crippen LogP) is 2.33. The maximum atomic E-state index is 11.5. The van der Waals surface area contributed by atoms with Crippen LogP contribution in [0.2, 0.25) is 0 Å². The highest BCUT2D eigenvalue weighted by Gasteiger charge is 2.04. The lowest BCUT2D eigenvalue weighted by Crippen LogP contribution is -2.25. The van der Waals surface area contributed by atoms with Crippen LogP contribution in [0.5, 0.6) is 5.75 Å². The van der Waals surface area contributed by atoms with Crippen molar-refractivity contribution in [3.05, 3.63) is 23.8 Å². The zero-order valence-electron chi connectivity index (χ0n) is 11.4. The molecule has 1 aromatic carbocycles. The third kappa shape index (κ3) is 4.75. The fourth-order valence-electron chi connectivity index (χ4n) is 1.56. The zero-order valence-corrected chi connectivity index (χ0v) is 11.4. The van der Waals surface area contributed by atoms with Crippen molar-refractivity contribution in [3.8, 4) is 5.75 Å². The van der Waals surface area contributed by atoms with E-state index in [0.717, 1.165) is 36.4 Å². The number of hydrogen-bond acceptors (Lipinski definition) is 3. The normalized spacial score (nSPS) is 10.2. The minimum absolute atomic E-state index is 0.0414. The molecule has 100 valence electrons. The Labute approximate surface area is 109 Å². The lowest BCUT2D eigenvalue weighted by Gasteiger charge is -2.11. The molecule has 1 rings (SSSR count). The standard InChI is InChI=1S/C14H22N2O2/c1-4-5-8-18-12-6-7-13(11(2)9-12)16-14(17)10-15-3/h6-7,9,15H,4-5,8,10H2,1-3H3,(H,16,17). The summed E-state index contributed by atoms with van der Waals surface area (Å²) in [5, 5.41) is 5.66. The number of carbonyl (C=O) groups is 1. The Balaban J connectivity index is 2.59. The van der Waals surface area contributed by atoms with Crippen molar-refractivity contribution in [2.45, 2.75) is 26.7 Å². The molecule has 4 heteroatoms. The summed E-state index contributed by atoms with van der Waals surface area (Å²) in [6.07, 6.45) is 2.18. The molecule has 18 heavy (non-hydrogen) atoms. The molecule has 0 aliphatic rings. The van der Waals surface area contributed by atoms with Gasteiger partial charge in [-0.1, -0.05) is 13.3 Å². The third-order valence-electron chi connectivity index (χ3n) is 2.58. The van der Waals surface area contributed by atoms with Crippen molar-refractivity contribution in [2.75, 3.05) is 25.5 Å². The minimum Gasteiger partial charge on any atom is -0.494 e. The van der Waals surface area contributed by atoms with Gasteiger partial charge in [0.1, 0.15) is 5.75 Å². The Morgan fingerprint density at radius 3 is 2.78 bits per heavy atom. The fourth-order valence-corrected chi connectivity index (χ4v) is 1.56. The van der Waals surface area contributed by atoms with Crippen molar-refractivity contribution in [3.63, 3.8) is 0 Å². The molecule has 0 saturated carbocycles. The van der Waals surface area contributed by atoms with E-state index in [9.17, 15) is 4.79 Å². The van der Waals surface area contributed by atoms with Crippen LogP contribution in [0.15, 0.2) is 18.2 Å².